The van der Waals surface area contributed by atoms with E-state index in [0.29, 0.717) is 23.5 Å². The van der Waals surface area contributed by atoms with Gasteiger partial charge in [0.2, 0.25) is 5.91 Å². The highest BCUT2D eigenvalue weighted by atomic mass is 19.1. The number of carbonyl (C=O) groups excluding carboxylic acids is 1. The quantitative estimate of drug-likeness (QED) is 0.756. The lowest BCUT2D eigenvalue weighted by Crippen LogP contribution is -2.48. The number of halogens is 1. The second-order valence-corrected chi connectivity index (χ2v) is 8.27. The standard InChI is InChI=1S/C24H31FN2O3/c1-16(2)24(29)27(20-9-8-17(3)21(25)14-20)19-10-12-26(13-11-19)15-18-6-5-7-22(30-4)23(18)28/h5-9,14,16,19,28H,10-13,15H2,1-4H3. The number of amides is 1. The highest BCUT2D eigenvalue weighted by Crippen LogP contribution is 2.32. The van der Waals surface area contributed by atoms with Crippen molar-refractivity contribution < 1.29 is 19.0 Å². The molecule has 162 valence electrons. The number of nitrogens with zero attached hydrogens (tertiary/aromatic N) is 2. The van der Waals surface area contributed by atoms with E-state index in [1.54, 1.807) is 31.1 Å². The van der Waals surface area contributed by atoms with Gasteiger partial charge >= 0.3 is 0 Å². The first-order valence-corrected chi connectivity index (χ1v) is 10.5. The first kappa shape index (κ1) is 22.1. The first-order valence-electron chi connectivity index (χ1n) is 10.5. The van der Waals surface area contributed by atoms with E-state index in [1.807, 2.05) is 32.0 Å². The zero-order valence-electron chi connectivity index (χ0n) is 18.2. The summed E-state index contributed by atoms with van der Waals surface area (Å²) < 4.78 is 19.4. The summed E-state index contributed by atoms with van der Waals surface area (Å²) in [4.78, 5) is 17.0. The lowest BCUT2D eigenvalue weighted by Gasteiger charge is -2.39. The normalized spacial score (nSPS) is 15.4. The number of anilines is 1. The lowest BCUT2D eigenvalue weighted by molar-refractivity contribution is -0.122. The average Bonchev–Trinajstić information content (AvgIpc) is 2.73. The smallest absolute Gasteiger partial charge is 0.229 e. The highest BCUT2D eigenvalue weighted by Gasteiger charge is 2.31. The van der Waals surface area contributed by atoms with Crippen LogP contribution in [0.2, 0.25) is 0 Å². The van der Waals surface area contributed by atoms with Crippen molar-refractivity contribution >= 4 is 11.6 Å². The zero-order valence-corrected chi connectivity index (χ0v) is 18.2. The maximum Gasteiger partial charge on any atom is 0.229 e. The van der Waals surface area contributed by atoms with E-state index in [9.17, 15) is 14.3 Å². The molecule has 0 atom stereocenters. The Labute approximate surface area is 178 Å². The molecule has 0 aliphatic carbocycles. The summed E-state index contributed by atoms with van der Waals surface area (Å²) in [5.74, 6) is 0.203. The van der Waals surface area contributed by atoms with Gasteiger partial charge in [0, 0.05) is 42.8 Å². The van der Waals surface area contributed by atoms with Gasteiger partial charge in [0.25, 0.3) is 0 Å². The van der Waals surface area contributed by atoms with Crippen LogP contribution < -0.4 is 9.64 Å². The highest BCUT2D eigenvalue weighted by molar-refractivity contribution is 5.95. The van der Waals surface area contributed by atoms with Crippen LogP contribution in [-0.4, -0.2) is 42.2 Å². The summed E-state index contributed by atoms with van der Waals surface area (Å²) in [6.45, 7) is 7.67. The number of hydrogen-bond acceptors (Lipinski definition) is 4. The van der Waals surface area contributed by atoms with Crippen molar-refractivity contribution in [2.45, 2.75) is 46.2 Å². The van der Waals surface area contributed by atoms with Gasteiger partial charge in [0.05, 0.1) is 7.11 Å². The van der Waals surface area contributed by atoms with E-state index < -0.39 is 0 Å². The summed E-state index contributed by atoms with van der Waals surface area (Å²) in [5.41, 5.74) is 2.02. The summed E-state index contributed by atoms with van der Waals surface area (Å²) >= 11 is 0. The molecule has 1 aliphatic rings. The minimum Gasteiger partial charge on any atom is -0.504 e. The number of benzene rings is 2. The minimum absolute atomic E-state index is 0.0159. The Kier molecular flexibility index (Phi) is 6.98. The molecule has 6 heteroatoms. The number of aromatic hydroxyl groups is 1. The molecule has 2 aromatic rings. The molecule has 1 aliphatic heterocycles. The number of rotatable bonds is 6. The zero-order chi connectivity index (χ0) is 21.8. The fourth-order valence-corrected chi connectivity index (χ4v) is 3.96. The molecule has 1 amide bonds. The van der Waals surface area contributed by atoms with Crippen molar-refractivity contribution in [2.75, 3.05) is 25.1 Å². The molecule has 1 saturated heterocycles. The van der Waals surface area contributed by atoms with Gasteiger partial charge in [0.15, 0.2) is 11.5 Å². The summed E-state index contributed by atoms with van der Waals surface area (Å²) in [7, 11) is 1.54. The van der Waals surface area contributed by atoms with E-state index in [1.165, 1.54) is 6.07 Å². The monoisotopic (exact) mass is 414 g/mol. The Hall–Kier alpha value is -2.60. The van der Waals surface area contributed by atoms with E-state index >= 15 is 0 Å². The van der Waals surface area contributed by atoms with Gasteiger partial charge in [-0.2, -0.15) is 0 Å². The number of ether oxygens (including phenoxy) is 1. The molecule has 0 aromatic heterocycles. The number of phenols is 1. The molecule has 1 heterocycles. The van der Waals surface area contributed by atoms with Crippen molar-refractivity contribution in [1.29, 1.82) is 0 Å². The molecule has 1 N–H and O–H groups in total. The number of methoxy groups -OCH3 is 1. The van der Waals surface area contributed by atoms with E-state index in [-0.39, 0.29) is 29.4 Å². The van der Waals surface area contributed by atoms with Crippen LogP contribution in [-0.2, 0) is 11.3 Å². The van der Waals surface area contributed by atoms with Crippen LogP contribution in [0.5, 0.6) is 11.5 Å². The van der Waals surface area contributed by atoms with E-state index in [2.05, 4.69) is 4.90 Å². The van der Waals surface area contributed by atoms with Crippen molar-refractivity contribution in [3.05, 3.63) is 53.3 Å². The number of carbonyl (C=O) groups is 1. The molecule has 30 heavy (non-hydrogen) atoms. The van der Waals surface area contributed by atoms with Crippen molar-refractivity contribution in [3.8, 4) is 11.5 Å². The third-order valence-corrected chi connectivity index (χ3v) is 5.78. The van der Waals surface area contributed by atoms with Gasteiger partial charge < -0.3 is 14.7 Å². The molecule has 0 spiro atoms. The van der Waals surface area contributed by atoms with E-state index in [4.69, 9.17) is 4.74 Å². The van der Waals surface area contributed by atoms with Crippen LogP contribution in [0, 0.1) is 18.7 Å². The van der Waals surface area contributed by atoms with Crippen LogP contribution in [0.15, 0.2) is 36.4 Å². The second kappa shape index (κ2) is 9.47. The van der Waals surface area contributed by atoms with Gasteiger partial charge in [-0.3, -0.25) is 9.69 Å². The van der Waals surface area contributed by atoms with Gasteiger partial charge in [-0.15, -0.1) is 0 Å². The summed E-state index contributed by atoms with van der Waals surface area (Å²) in [6, 6.07) is 10.6. The fourth-order valence-electron chi connectivity index (χ4n) is 3.96. The topological polar surface area (TPSA) is 53.0 Å². The number of hydrogen-bond donors (Lipinski definition) is 1. The van der Waals surface area contributed by atoms with Crippen LogP contribution in [0.25, 0.3) is 0 Å². The third-order valence-electron chi connectivity index (χ3n) is 5.78. The number of phenolic OH excluding ortho intramolecular Hbond substituents is 1. The van der Waals surface area contributed by atoms with Gasteiger partial charge in [-0.05, 0) is 43.5 Å². The Morgan fingerprint density at radius 1 is 1.27 bits per heavy atom. The van der Waals surface area contributed by atoms with Crippen molar-refractivity contribution in [3.63, 3.8) is 0 Å². The van der Waals surface area contributed by atoms with Gasteiger partial charge in [0.1, 0.15) is 5.82 Å². The molecule has 2 aromatic carbocycles. The van der Waals surface area contributed by atoms with Crippen LogP contribution >= 0.6 is 0 Å². The molecule has 5 nitrogen and oxygen atoms in total. The maximum atomic E-state index is 14.2. The lowest BCUT2D eigenvalue weighted by atomic mass is 9.99. The van der Waals surface area contributed by atoms with Crippen molar-refractivity contribution in [1.82, 2.24) is 4.90 Å². The Morgan fingerprint density at radius 3 is 2.57 bits per heavy atom. The predicted molar refractivity (Wildman–Crippen MR) is 116 cm³/mol. The minimum atomic E-state index is -0.292. The first-order chi connectivity index (χ1) is 14.3. The van der Waals surface area contributed by atoms with Crippen molar-refractivity contribution in [2.24, 2.45) is 5.92 Å². The molecule has 1 fully saturated rings. The molecule has 0 radical (unpaired) electrons. The molecular weight excluding hydrogens is 383 g/mol. The van der Waals surface area contributed by atoms with Crippen LogP contribution in [0.3, 0.4) is 0 Å². The summed E-state index contributed by atoms with van der Waals surface area (Å²) in [5, 5.41) is 10.4. The SMILES string of the molecule is COc1cccc(CN2CCC(N(C(=O)C(C)C)c3ccc(C)c(F)c3)CC2)c1O. The number of aryl methyl sites for hydroxylation is 1. The second-order valence-electron chi connectivity index (χ2n) is 8.27. The largest absolute Gasteiger partial charge is 0.504 e. The summed E-state index contributed by atoms with van der Waals surface area (Å²) in [6.07, 6.45) is 1.58. The number of piperidine rings is 1. The molecule has 0 bridgehead atoms. The molecule has 0 unspecified atom stereocenters. The van der Waals surface area contributed by atoms with Crippen LogP contribution in [0.1, 0.15) is 37.8 Å². The molecule has 3 rings (SSSR count). The molecule has 0 saturated carbocycles. The third kappa shape index (κ3) is 4.75. The van der Waals surface area contributed by atoms with Gasteiger partial charge in [-0.25, -0.2) is 4.39 Å². The fraction of sp³-hybridized carbons (Fsp3) is 0.458. The molecular formula is C24H31FN2O3. The Bertz CT molecular complexity index is 892. The maximum absolute atomic E-state index is 14.2. The van der Waals surface area contributed by atoms with Crippen LogP contribution in [0.4, 0.5) is 10.1 Å². The number of likely N-dealkylation sites (tertiary alicyclic amines) is 1. The van der Waals surface area contributed by atoms with E-state index in [0.717, 1.165) is 31.5 Å². The average molecular weight is 415 g/mol. The number of para-hydroxylation sites is 1. The Balaban J connectivity index is 1.73. The van der Waals surface area contributed by atoms with Gasteiger partial charge in [-0.1, -0.05) is 32.0 Å². The Morgan fingerprint density at radius 2 is 1.97 bits per heavy atom. The predicted octanol–water partition coefficient (Wildman–Crippen LogP) is 4.50.